The van der Waals surface area contributed by atoms with Crippen LogP contribution in [0.15, 0.2) is 59.9 Å². The maximum atomic E-state index is 6.26. The molecule has 23 heavy (non-hydrogen) atoms. The number of halogens is 1. The lowest BCUT2D eigenvalue weighted by molar-refractivity contribution is 0.815. The number of nitrogens with zero attached hydrogens (tertiary/aromatic N) is 3. The molecular formula is C18H14ClN3S. The molecule has 0 amide bonds. The summed E-state index contributed by atoms with van der Waals surface area (Å²) in [7, 11) is 2.05. The van der Waals surface area contributed by atoms with Crippen LogP contribution in [0.3, 0.4) is 0 Å². The van der Waals surface area contributed by atoms with Crippen LogP contribution in [0.25, 0.3) is 21.9 Å². The predicted octanol–water partition coefficient (Wildman–Crippen LogP) is 5.07. The number of fused-ring (bicyclic) bond motifs is 2. The van der Waals surface area contributed by atoms with E-state index in [2.05, 4.69) is 22.7 Å². The molecule has 0 fully saturated rings. The van der Waals surface area contributed by atoms with Crippen molar-refractivity contribution in [1.29, 1.82) is 0 Å². The summed E-state index contributed by atoms with van der Waals surface area (Å²) >= 11 is 7.98. The highest BCUT2D eigenvalue weighted by molar-refractivity contribution is 7.98. The van der Waals surface area contributed by atoms with Gasteiger partial charge >= 0.3 is 0 Å². The Morgan fingerprint density at radius 1 is 1.09 bits per heavy atom. The smallest absolute Gasteiger partial charge is 0.169 e. The molecule has 0 N–H and O–H groups in total. The molecule has 2 heterocycles. The third kappa shape index (κ3) is 2.58. The van der Waals surface area contributed by atoms with Crippen LogP contribution in [0.1, 0.15) is 5.56 Å². The summed E-state index contributed by atoms with van der Waals surface area (Å²) in [6, 6.07) is 16.1. The van der Waals surface area contributed by atoms with Crippen molar-refractivity contribution in [1.82, 2.24) is 14.5 Å². The first-order chi connectivity index (χ1) is 11.2. The van der Waals surface area contributed by atoms with Crippen LogP contribution >= 0.6 is 23.4 Å². The van der Waals surface area contributed by atoms with Gasteiger partial charge in [-0.05, 0) is 35.9 Å². The van der Waals surface area contributed by atoms with Gasteiger partial charge in [0.25, 0.3) is 0 Å². The van der Waals surface area contributed by atoms with Crippen LogP contribution in [0.5, 0.6) is 0 Å². The summed E-state index contributed by atoms with van der Waals surface area (Å²) in [5, 5.41) is 2.74. The van der Waals surface area contributed by atoms with Crippen molar-refractivity contribution < 1.29 is 0 Å². The van der Waals surface area contributed by atoms with E-state index in [1.165, 1.54) is 5.56 Å². The molecule has 0 aliphatic carbocycles. The fraction of sp³-hybridized carbons (Fsp3) is 0.111. The van der Waals surface area contributed by atoms with Gasteiger partial charge in [-0.2, -0.15) is 0 Å². The molecule has 0 saturated heterocycles. The first kappa shape index (κ1) is 14.5. The zero-order valence-electron chi connectivity index (χ0n) is 12.5. The Labute approximate surface area is 143 Å². The lowest BCUT2D eigenvalue weighted by Crippen LogP contribution is -1.92. The van der Waals surface area contributed by atoms with Crippen LogP contribution < -0.4 is 0 Å². The minimum absolute atomic E-state index is 0.740. The Morgan fingerprint density at radius 2 is 1.96 bits per heavy atom. The van der Waals surface area contributed by atoms with Crippen molar-refractivity contribution in [3.63, 3.8) is 0 Å². The Bertz CT molecular complexity index is 1010. The molecule has 4 aromatic rings. The largest absolute Gasteiger partial charge is 0.322 e. The molecule has 0 aliphatic heterocycles. The van der Waals surface area contributed by atoms with Crippen LogP contribution in [-0.4, -0.2) is 14.5 Å². The van der Waals surface area contributed by atoms with Crippen molar-refractivity contribution >= 4 is 45.3 Å². The van der Waals surface area contributed by atoms with E-state index in [1.807, 2.05) is 48.7 Å². The Kier molecular flexibility index (Phi) is 3.71. The average Bonchev–Trinajstić information content (AvgIpc) is 2.91. The second kappa shape index (κ2) is 5.87. The highest BCUT2D eigenvalue weighted by atomic mass is 35.5. The number of thioether (sulfide) groups is 1. The number of pyridine rings is 1. The molecule has 4 rings (SSSR count). The van der Waals surface area contributed by atoms with E-state index in [-0.39, 0.29) is 0 Å². The van der Waals surface area contributed by atoms with Gasteiger partial charge in [0, 0.05) is 29.4 Å². The third-order valence-electron chi connectivity index (χ3n) is 3.90. The SMILES string of the molecule is Cn1c(SCc2ccc(Cl)c3cccnc23)nc2ccccc21. The van der Waals surface area contributed by atoms with Gasteiger partial charge in [-0.3, -0.25) is 4.98 Å². The molecule has 3 nitrogen and oxygen atoms in total. The van der Waals surface area contributed by atoms with Crippen LogP contribution in [0.4, 0.5) is 0 Å². The monoisotopic (exact) mass is 339 g/mol. The van der Waals surface area contributed by atoms with Gasteiger partial charge in [0.15, 0.2) is 5.16 Å². The summed E-state index contributed by atoms with van der Waals surface area (Å²) in [4.78, 5) is 9.20. The molecular weight excluding hydrogens is 326 g/mol. The lowest BCUT2D eigenvalue weighted by Gasteiger charge is -2.07. The highest BCUT2D eigenvalue weighted by Crippen LogP contribution is 2.30. The molecule has 5 heteroatoms. The first-order valence-corrected chi connectivity index (χ1v) is 8.67. The second-order valence-electron chi connectivity index (χ2n) is 5.34. The van der Waals surface area contributed by atoms with E-state index < -0.39 is 0 Å². The van der Waals surface area contributed by atoms with Gasteiger partial charge in [0.2, 0.25) is 0 Å². The van der Waals surface area contributed by atoms with Crippen molar-refractivity contribution in [2.45, 2.75) is 10.9 Å². The van der Waals surface area contributed by atoms with E-state index in [0.717, 1.165) is 37.9 Å². The minimum Gasteiger partial charge on any atom is -0.322 e. The molecule has 0 radical (unpaired) electrons. The van der Waals surface area contributed by atoms with Gasteiger partial charge in [-0.1, -0.05) is 41.6 Å². The van der Waals surface area contributed by atoms with E-state index in [0.29, 0.717) is 0 Å². The number of hydrogen-bond acceptors (Lipinski definition) is 3. The zero-order chi connectivity index (χ0) is 15.8. The number of imidazole rings is 1. The van der Waals surface area contributed by atoms with Crippen molar-refractivity contribution in [2.75, 3.05) is 0 Å². The van der Waals surface area contributed by atoms with Gasteiger partial charge < -0.3 is 4.57 Å². The summed E-state index contributed by atoms with van der Waals surface area (Å²) in [6.45, 7) is 0. The molecule has 0 atom stereocenters. The summed E-state index contributed by atoms with van der Waals surface area (Å²) in [5.41, 5.74) is 4.30. The fourth-order valence-corrected chi connectivity index (χ4v) is 3.90. The third-order valence-corrected chi connectivity index (χ3v) is 5.31. The molecule has 114 valence electrons. The van der Waals surface area contributed by atoms with E-state index in [4.69, 9.17) is 16.6 Å². The van der Waals surface area contributed by atoms with Crippen LogP contribution in [-0.2, 0) is 12.8 Å². The zero-order valence-corrected chi connectivity index (χ0v) is 14.1. The number of benzene rings is 2. The van der Waals surface area contributed by atoms with Crippen LogP contribution in [0, 0.1) is 0 Å². The quantitative estimate of drug-likeness (QED) is 0.488. The number of aryl methyl sites for hydroxylation is 1. The second-order valence-corrected chi connectivity index (χ2v) is 6.69. The first-order valence-electron chi connectivity index (χ1n) is 7.30. The molecule has 0 bridgehead atoms. The number of aromatic nitrogens is 3. The van der Waals surface area contributed by atoms with Gasteiger partial charge in [-0.25, -0.2) is 4.98 Å². The minimum atomic E-state index is 0.740. The van der Waals surface area contributed by atoms with Crippen LogP contribution in [0.2, 0.25) is 5.02 Å². The van der Waals surface area contributed by atoms with Crippen molar-refractivity contribution in [2.24, 2.45) is 7.05 Å². The number of hydrogen-bond donors (Lipinski definition) is 0. The van der Waals surface area contributed by atoms with E-state index in [1.54, 1.807) is 11.8 Å². The fourth-order valence-electron chi connectivity index (χ4n) is 2.71. The predicted molar refractivity (Wildman–Crippen MR) is 97.0 cm³/mol. The maximum Gasteiger partial charge on any atom is 0.169 e. The van der Waals surface area contributed by atoms with Crippen molar-refractivity contribution in [3.05, 3.63) is 65.3 Å². The van der Waals surface area contributed by atoms with E-state index in [9.17, 15) is 0 Å². The summed E-state index contributed by atoms with van der Waals surface area (Å²) in [6.07, 6.45) is 1.81. The Balaban J connectivity index is 1.69. The Hall–Kier alpha value is -2.04. The molecule has 2 aromatic heterocycles. The average molecular weight is 340 g/mol. The lowest BCUT2D eigenvalue weighted by atomic mass is 10.1. The standard InChI is InChI=1S/C18H14ClN3S/c1-22-16-7-3-2-6-15(16)21-18(22)23-11-12-8-9-14(19)13-5-4-10-20-17(12)13/h2-10H,11H2,1H3. The number of rotatable bonds is 3. The van der Waals surface area contributed by atoms with Gasteiger partial charge in [-0.15, -0.1) is 0 Å². The maximum absolute atomic E-state index is 6.26. The summed E-state index contributed by atoms with van der Waals surface area (Å²) < 4.78 is 2.13. The Morgan fingerprint density at radius 3 is 2.83 bits per heavy atom. The highest BCUT2D eigenvalue weighted by Gasteiger charge is 2.10. The molecule has 0 spiro atoms. The molecule has 2 aromatic carbocycles. The normalized spacial score (nSPS) is 11.4. The van der Waals surface area contributed by atoms with E-state index >= 15 is 0 Å². The summed E-state index contributed by atoms with van der Waals surface area (Å²) in [5.74, 6) is 0.807. The topological polar surface area (TPSA) is 30.7 Å². The molecule has 0 aliphatic rings. The number of para-hydroxylation sites is 2. The van der Waals surface area contributed by atoms with Crippen molar-refractivity contribution in [3.8, 4) is 0 Å². The molecule has 0 saturated carbocycles. The van der Waals surface area contributed by atoms with Gasteiger partial charge in [0.1, 0.15) is 0 Å². The molecule has 0 unspecified atom stereocenters. The van der Waals surface area contributed by atoms with Gasteiger partial charge in [0.05, 0.1) is 16.6 Å².